The molecule has 0 fully saturated rings. The molecule has 0 aliphatic rings. The van der Waals surface area contributed by atoms with Gasteiger partial charge in [0.1, 0.15) is 0 Å². The van der Waals surface area contributed by atoms with Crippen LogP contribution in [0.25, 0.3) is 0 Å². The molecule has 4 nitrogen and oxygen atoms in total. The van der Waals surface area contributed by atoms with Crippen molar-refractivity contribution >= 4 is 8.25 Å². The van der Waals surface area contributed by atoms with Gasteiger partial charge in [0, 0.05) is 6.54 Å². The average Bonchev–Trinajstić information content (AvgIpc) is 2.23. The minimum Gasteiger partial charge on any atom is -0.328 e. The van der Waals surface area contributed by atoms with Gasteiger partial charge in [0.2, 0.25) is 0 Å². The van der Waals surface area contributed by atoms with E-state index in [4.69, 9.17) is 14.8 Å². The molecule has 0 aromatic heterocycles. The van der Waals surface area contributed by atoms with Crippen molar-refractivity contribution in [2.24, 2.45) is 5.73 Å². The second kappa shape index (κ2) is 7.41. The Kier molecular flexibility index (Phi) is 7.47. The third kappa shape index (κ3) is 4.56. The first-order valence-electron chi connectivity index (χ1n) is 5.20. The third-order valence-corrected chi connectivity index (χ3v) is 3.61. The topological polar surface area (TPSA) is 61.5 Å². The first-order chi connectivity index (χ1) is 6.64. The molecule has 86 valence electrons. The summed E-state index contributed by atoms with van der Waals surface area (Å²) >= 11 is 0. The van der Waals surface area contributed by atoms with Crippen molar-refractivity contribution in [1.29, 1.82) is 0 Å². The minimum atomic E-state index is -2.37. The standard InChI is InChI=1S/C9H22NO3P/c1-4-9(5-2,6-3)13-14(11)12-8-7-10/h14H,4-8,10H2,1-3H3. The molecule has 0 aliphatic carbocycles. The van der Waals surface area contributed by atoms with Gasteiger partial charge in [0.05, 0.1) is 12.2 Å². The highest BCUT2D eigenvalue weighted by molar-refractivity contribution is 7.33. The maximum atomic E-state index is 11.4. The fraction of sp³-hybridized carbons (Fsp3) is 1.00. The van der Waals surface area contributed by atoms with Gasteiger partial charge in [-0.05, 0) is 19.3 Å². The molecule has 0 aromatic rings. The van der Waals surface area contributed by atoms with Crippen LogP contribution in [0.15, 0.2) is 0 Å². The molecule has 0 heterocycles. The summed E-state index contributed by atoms with van der Waals surface area (Å²) in [6.07, 6.45) is 2.55. The van der Waals surface area contributed by atoms with Crippen molar-refractivity contribution in [3.8, 4) is 0 Å². The first-order valence-corrected chi connectivity index (χ1v) is 6.42. The van der Waals surface area contributed by atoms with Gasteiger partial charge in [-0.2, -0.15) is 0 Å². The molecule has 0 radical (unpaired) electrons. The molecule has 1 unspecified atom stereocenters. The van der Waals surface area contributed by atoms with Gasteiger partial charge in [-0.3, -0.25) is 4.57 Å². The number of hydrogen-bond acceptors (Lipinski definition) is 4. The van der Waals surface area contributed by atoms with Crippen molar-refractivity contribution < 1.29 is 13.6 Å². The quantitative estimate of drug-likeness (QED) is 0.641. The Hall–Kier alpha value is 0.110. The van der Waals surface area contributed by atoms with Crippen LogP contribution >= 0.6 is 8.25 Å². The predicted molar refractivity (Wildman–Crippen MR) is 58.7 cm³/mol. The van der Waals surface area contributed by atoms with Crippen LogP contribution in [0.3, 0.4) is 0 Å². The Morgan fingerprint density at radius 1 is 1.21 bits per heavy atom. The molecule has 5 heteroatoms. The van der Waals surface area contributed by atoms with Crippen LogP contribution in [0.2, 0.25) is 0 Å². The Morgan fingerprint density at radius 3 is 2.07 bits per heavy atom. The molecule has 0 bridgehead atoms. The van der Waals surface area contributed by atoms with E-state index in [0.29, 0.717) is 13.2 Å². The minimum absolute atomic E-state index is 0.287. The fourth-order valence-electron chi connectivity index (χ4n) is 1.32. The van der Waals surface area contributed by atoms with Crippen LogP contribution < -0.4 is 5.73 Å². The summed E-state index contributed by atoms with van der Waals surface area (Å²) in [5.74, 6) is 0. The van der Waals surface area contributed by atoms with Crippen LogP contribution in [0.4, 0.5) is 0 Å². The van der Waals surface area contributed by atoms with Gasteiger partial charge in [0.25, 0.3) is 0 Å². The van der Waals surface area contributed by atoms with E-state index in [0.717, 1.165) is 19.3 Å². The molecule has 0 amide bonds. The zero-order chi connectivity index (χ0) is 11.0. The fourth-order valence-corrected chi connectivity index (χ4v) is 2.45. The van der Waals surface area contributed by atoms with Crippen LogP contribution in [-0.2, 0) is 13.6 Å². The van der Waals surface area contributed by atoms with Gasteiger partial charge >= 0.3 is 8.25 Å². The lowest BCUT2D eigenvalue weighted by Gasteiger charge is -2.29. The lowest BCUT2D eigenvalue weighted by Crippen LogP contribution is -2.27. The van der Waals surface area contributed by atoms with E-state index in [1.807, 2.05) is 20.8 Å². The highest BCUT2D eigenvalue weighted by Gasteiger charge is 2.27. The van der Waals surface area contributed by atoms with Crippen molar-refractivity contribution in [3.63, 3.8) is 0 Å². The molecule has 0 aromatic carbocycles. The molecule has 2 N–H and O–H groups in total. The molecular formula is C9H22NO3P. The predicted octanol–water partition coefficient (Wildman–Crippen LogP) is 2.34. The second-order valence-corrected chi connectivity index (χ2v) is 4.23. The largest absolute Gasteiger partial charge is 0.328 e. The zero-order valence-corrected chi connectivity index (χ0v) is 10.3. The summed E-state index contributed by atoms with van der Waals surface area (Å²) in [7, 11) is -2.37. The van der Waals surface area contributed by atoms with Gasteiger partial charge in [0.15, 0.2) is 0 Å². The Bertz CT molecular complexity index is 163. The Labute approximate surface area is 87.1 Å². The molecule has 0 saturated carbocycles. The van der Waals surface area contributed by atoms with Gasteiger partial charge in [-0.25, -0.2) is 0 Å². The summed E-state index contributed by atoms with van der Waals surface area (Å²) in [6, 6.07) is 0. The van der Waals surface area contributed by atoms with Gasteiger partial charge in [-0.1, -0.05) is 20.8 Å². The van der Waals surface area contributed by atoms with Crippen molar-refractivity contribution in [1.82, 2.24) is 0 Å². The second-order valence-electron chi connectivity index (χ2n) is 3.23. The van der Waals surface area contributed by atoms with E-state index < -0.39 is 8.25 Å². The molecule has 0 rings (SSSR count). The maximum absolute atomic E-state index is 11.4. The van der Waals surface area contributed by atoms with Gasteiger partial charge < -0.3 is 14.8 Å². The van der Waals surface area contributed by atoms with E-state index in [9.17, 15) is 4.57 Å². The average molecular weight is 223 g/mol. The first kappa shape index (κ1) is 14.1. The van der Waals surface area contributed by atoms with E-state index in [1.54, 1.807) is 0 Å². The normalized spacial score (nSPS) is 14.3. The summed E-state index contributed by atoms with van der Waals surface area (Å²) in [4.78, 5) is 0. The smallest absolute Gasteiger partial charge is 0.319 e. The van der Waals surface area contributed by atoms with E-state index in [2.05, 4.69) is 0 Å². The summed E-state index contributed by atoms with van der Waals surface area (Å²) < 4.78 is 21.8. The van der Waals surface area contributed by atoms with E-state index >= 15 is 0 Å². The summed E-state index contributed by atoms with van der Waals surface area (Å²) in [5, 5.41) is 0. The molecule has 0 aliphatic heterocycles. The number of hydrogen-bond donors (Lipinski definition) is 1. The van der Waals surface area contributed by atoms with Crippen LogP contribution in [0, 0.1) is 0 Å². The highest BCUT2D eigenvalue weighted by atomic mass is 31.1. The summed E-state index contributed by atoms with van der Waals surface area (Å²) in [5.41, 5.74) is 4.95. The lowest BCUT2D eigenvalue weighted by molar-refractivity contribution is 0.0451. The van der Waals surface area contributed by atoms with Crippen LogP contribution in [-0.4, -0.2) is 18.8 Å². The van der Waals surface area contributed by atoms with Crippen LogP contribution in [0.5, 0.6) is 0 Å². The van der Waals surface area contributed by atoms with E-state index in [1.165, 1.54) is 0 Å². The molecule has 14 heavy (non-hydrogen) atoms. The number of nitrogens with two attached hydrogens (primary N) is 1. The Balaban J connectivity index is 4.08. The SMILES string of the molecule is CCC(CC)(CC)O[PH](=O)OCCN. The Morgan fingerprint density at radius 2 is 1.71 bits per heavy atom. The van der Waals surface area contributed by atoms with Crippen molar-refractivity contribution in [3.05, 3.63) is 0 Å². The molecule has 1 atom stereocenters. The monoisotopic (exact) mass is 223 g/mol. The lowest BCUT2D eigenvalue weighted by atomic mass is 9.95. The highest BCUT2D eigenvalue weighted by Crippen LogP contribution is 2.37. The van der Waals surface area contributed by atoms with Crippen molar-refractivity contribution in [2.75, 3.05) is 13.2 Å². The van der Waals surface area contributed by atoms with Crippen LogP contribution in [0.1, 0.15) is 40.0 Å². The third-order valence-electron chi connectivity index (χ3n) is 2.57. The molecular weight excluding hydrogens is 201 g/mol. The molecule has 0 spiro atoms. The maximum Gasteiger partial charge on any atom is 0.319 e. The van der Waals surface area contributed by atoms with Crippen molar-refractivity contribution in [2.45, 2.75) is 45.6 Å². The zero-order valence-electron chi connectivity index (χ0n) is 9.34. The summed E-state index contributed by atoms with van der Waals surface area (Å²) in [6.45, 7) is 6.77. The van der Waals surface area contributed by atoms with E-state index in [-0.39, 0.29) is 5.60 Å². The van der Waals surface area contributed by atoms with Gasteiger partial charge in [-0.15, -0.1) is 0 Å². The number of rotatable bonds is 8. The molecule has 0 saturated heterocycles.